The number of rotatable bonds is 1. The summed E-state index contributed by atoms with van der Waals surface area (Å²) < 4.78 is 0. The molecule has 2 aliphatic heterocycles. The van der Waals surface area contributed by atoms with E-state index < -0.39 is 6.04 Å². The second-order valence-corrected chi connectivity index (χ2v) is 5.14. The minimum Gasteiger partial charge on any atom is -0.508 e. The van der Waals surface area contributed by atoms with E-state index in [1.165, 1.54) is 0 Å². The first kappa shape index (κ1) is 13.4. The lowest BCUT2D eigenvalue weighted by Crippen LogP contribution is -2.53. The Morgan fingerprint density at radius 1 is 1.43 bits per heavy atom. The number of amides is 2. The number of fused-ring (bicyclic) bond motifs is 1. The van der Waals surface area contributed by atoms with Crippen LogP contribution >= 0.6 is 0 Å². The van der Waals surface area contributed by atoms with E-state index in [-0.39, 0.29) is 17.6 Å². The average Bonchev–Trinajstić information content (AvgIpc) is 2.42. The van der Waals surface area contributed by atoms with E-state index in [1.807, 2.05) is 0 Å². The minimum absolute atomic E-state index is 0.118. The number of phenols is 1. The van der Waals surface area contributed by atoms with Crippen molar-refractivity contribution in [3.63, 3.8) is 0 Å². The molecule has 6 heteroatoms. The van der Waals surface area contributed by atoms with Gasteiger partial charge in [-0.05, 0) is 31.5 Å². The van der Waals surface area contributed by atoms with Crippen molar-refractivity contribution in [1.29, 1.82) is 0 Å². The highest BCUT2D eigenvalue weighted by Crippen LogP contribution is 2.37. The van der Waals surface area contributed by atoms with E-state index in [9.17, 15) is 14.7 Å². The van der Waals surface area contributed by atoms with Crippen LogP contribution in [0.1, 0.15) is 25.3 Å². The van der Waals surface area contributed by atoms with Crippen LogP contribution in [0.15, 0.2) is 29.8 Å². The monoisotopic (exact) mass is 285 g/mol. The summed E-state index contributed by atoms with van der Waals surface area (Å²) in [5.74, 6) is 0.164. The van der Waals surface area contributed by atoms with Gasteiger partial charge in [0.05, 0.1) is 5.69 Å². The Kier molecular flexibility index (Phi) is 3.01. The fourth-order valence-corrected chi connectivity index (χ4v) is 2.75. The van der Waals surface area contributed by atoms with Crippen molar-refractivity contribution in [3.8, 4) is 5.75 Å². The lowest BCUT2D eigenvalue weighted by atomic mass is 9.99. The number of hydrogen-bond donors (Lipinski definition) is 2. The number of piperidine rings is 1. The topological polar surface area (TPSA) is 82.0 Å². The van der Waals surface area contributed by atoms with E-state index >= 15 is 0 Å². The number of nitrogens with zero attached hydrogens (tertiary/aromatic N) is 2. The Labute approximate surface area is 121 Å². The van der Waals surface area contributed by atoms with Gasteiger partial charge in [-0.2, -0.15) is 0 Å². The van der Waals surface area contributed by atoms with E-state index in [0.29, 0.717) is 35.6 Å². The molecule has 0 aromatic heterocycles. The maximum atomic E-state index is 12.1. The fraction of sp³-hybridized carbons (Fsp3) is 0.267. The molecule has 1 fully saturated rings. The Morgan fingerprint density at radius 3 is 2.90 bits per heavy atom. The molecule has 108 valence electrons. The van der Waals surface area contributed by atoms with Crippen molar-refractivity contribution in [3.05, 3.63) is 30.3 Å². The lowest BCUT2D eigenvalue weighted by molar-refractivity contribution is -0.135. The standard InChI is InChI=1S/C15H15N3O3/c1-8-11-7-10(19)3-4-12(11)16-9(2)18(8)13-5-6-14(20)17-15(13)21/h3-4,7,13,19H,1,5-6H2,2H3,(H,17,20,21). The predicted molar refractivity (Wildman–Crippen MR) is 77.9 cm³/mol. The molecule has 0 spiro atoms. The molecule has 21 heavy (non-hydrogen) atoms. The first-order valence-electron chi connectivity index (χ1n) is 6.68. The van der Waals surface area contributed by atoms with Gasteiger partial charge in [-0.3, -0.25) is 14.9 Å². The van der Waals surface area contributed by atoms with Crippen molar-refractivity contribution in [2.75, 3.05) is 0 Å². The zero-order chi connectivity index (χ0) is 15.1. The van der Waals surface area contributed by atoms with Gasteiger partial charge in [-0.1, -0.05) is 6.58 Å². The van der Waals surface area contributed by atoms with Gasteiger partial charge in [0.2, 0.25) is 11.8 Å². The van der Waals surface area contributed by atoms with E-state index in [2.05, 4.69) is 16.9 Å². The van der Waals surface area contributed by atoms with Crippen molar-refractivity contribution in [2.24, 2.45) is 4.99 Å². The third kappa shape index (κ3) is 2.18. The summed E-state index contributed by atoms with van der Waals surface area (Å²) in [6, 6.07) is 4.34. The SMILES string of the molecule is C=C1c2cc(O)ccc2N=C(C)N1C1CCC(=O)NC1=O. The van der Waals surface area contributed by atoms with Crippen molar-refractivity contribution in [2.45, 2.75) is 25.8 Å². The lowest BCUT2D eigenvalue weighted by Gasteiger charge is -2.38. The van der Waals surface area contributed by atoms with Crippen LogP contribution < -0.4 is 5.32 Å². The fourth-order valence-electron chi connectivity index (χ4n) is 2.75. The highest BCUT2D eigenvalue weighted by atomic mass is 16.3. The molecule has 6 nitrogen and oxygen atoms in total. The quantitative estimate of drug-likeness (QED) is 0.767. The number of carbonyl (C=O) groups is 2. The van der Waals surface area contributed by atoms with E-state index in [0.717, 1.165) is 0 Å². The Bertz CT molecular complexity index is 693. The van der Waals surface area contributed by atoms with Crippen LogP contribution in [0.25, 0.3) is 5.70 Å². The second-order valence-electron chi connectivity index (χ2n) is 5.14. The van der Waals surface area contributed by atoms with Gasteiger partial charge in [0.15, 0.2) is 0 Å². The molecular weight excluding hydrogens is 270 g/mol. The van der Waals surface area contributed by atoms with Crippen LogP contribution in [-0.2, 0) is 9.59 Å². The predicted octanol–water partition coefficient (Wildman–Crippen LogP) is 1.53. The van der Waals surface area contributed by atoms with Gasteiger partial charge < -0.3 is 10.0 Å². The van der Waals surface area contributed by atoms with E-state index in [1.54, 1.807) is 30.0 Å². The first-order chi connectivity index (χ1) is 9.97. The largest absolute Gasteiger partial charge is 0.508 e. The van der Waals surface area contributed by atoms with Gasteiger partial charge in [0.1, 0.15) is 17.6 Å². The number of hydrogen-bond acceptors (Lipinski definition) is 5. The van der Waals surface area contributed by atoms with Crippen molar-refractivity contribution >= 4 is 29.0 Å². The summed E-state index contributed by atoms with van der Waals surface area (Å²) in [5, 5.41) is 12.0. The zero-order valence-corrected chi connectivity index (χ0v) is 11.6. The van der Waals surface area contributed by atoms with Crippen LogP contribution in [0.2, 0.25) is 0 Å². The van der Waals surface area contributed by atoms with Gasteiger partial charge in [-0.25, -0.2) is 4.99 Å². The summed E-state index contributed by atoms with van der Waals surface area (Å²) in [5.41, 5.74) is 1.99. The molecule has 0 radical (unpaired) electrons. The first-order valence-corrected chi connectivity index (χ1v) is 6.68. The Morgan fingerprint density at radius 2 is 2.19 bits per heavy atom. The van der Waals surface area contributed by atoms with Crippen LogP contribution in [0, 0.1) is 0 Å². The van der Waals surface area contributed by atoms with Crippen LogP contribution in [0.5, 0.6) is 5.75 Å². The van der Waals surface area contributed by atoms with Crippen LogP contribution in [-0.4, -0.2) is 33.7 Å². The number of phenolic OH excluding ortho intramolecular Hbond substituents is 1. The number of amidine groups is 1. The smallest absolute Gasteiger partial charge is 0.249 e. The number of nitrogens with one attached hydrogen (secondary N) is 1. The van der Waals surface area contributed by atoms with E-state index in [4.69, 9.17) is 0 Å². The zero-order valence-electron chi connectivity index (χ0n) is 11.6. The highest BCUT2D eigenvalue weighted by Gasteiger charge is 2.36. The molecule has 2 heterocycles. The third-order valence-electron chi connectivity index (χ3n) is 3.73. The van der Waals surface area contributed by atoms with Crippen LogP contribution in [0.4, 0.5) is 5.69 Å². The van der Waals surface area contributed by atoms with Gasteiger partial charge in [0, 0.05) is 17.7 Å². The normalized spacial score (nSPS) is 21.8. The summed E-state index contributed by atoms with van der Waals surface area (Å²) in [6.07, 6.45) is 0.713. The molecule has 0 bridgehead atoms. The molecule has 0 saturated carbocycles. The molecule has 2 amide bonds. The van der Waals surface area contributed by atoms with Crippen LogP contribution in [0.3, 0.4) is 0 Å². The molecule has 2 aliphatic rings. The number of imide groups is 1. The minimum atomic E-state index is -0.505. The summed E-state index contributed by atoms with van der Waals surface area (Å²) in [6.45, 7) is 5.82. The van der Waals surface area contributed by atoms with Gasteiger partial charge >= 0.3 is 0 Å². The summed E-state index contributed by atoms with van der Waals surface area (Å²) >= 11 is 0. The number of aliphatic imine (C=N–C) groups is 1. The average molecular weight is 285 g/mol. The van der Waals surface area contributed by atoms with Crippen molar-refractivity contribution < 1.29 is 14.7 Å². The Hall–Kier alpha value is -2.63. The summed E-state index contributed by atoms with van der Waals surface area (Å²) in [7, 11) is 0. The molecular formula is C15H15N3O3. The molecule has 0 aliphatic carbocycles. The molecule has 1 atom stereocenters. The van der Waals surface area contributed by atoms with Gasteiger partial charge in [0.25, 0.3) is 0 Å². The third-order valence-corrected chi connectivity index (χ3v) is 3.73. The van der Waals surface area contributed by atoms with Crippen molar-refractivity contribution in [1.82, 2.24) is 10.2 Å². The second kappa shape index (κ2) is 4.73. The summed E-state index contributed by atoms with van der Waals surface area (Å²) in [4.78, 5) is 29.5. The molecule has 2 N–H and O–H groups in total. The number of aromatic hydroxyl groups is 1. The molecule has 1 aromatic rings. The number of carbonyl (C=O) groups excluding carboxylic acids is 2. The molecule has 1 saturated heterocycles. The van der Waals surface area contributed by atoms with Gasteiger partial charge in [-0.15, -0.1) is 0 Å². The molecule has 1 unspecified atom stereocenters. The maximum absolute atomic E-state index is 12.1. The highest BCUT2D eigenvalue weighted by molar-refractivity contribution is 6.05. The Balaban J connectivity index is 2.00. The molecule has 3 rings (SSSR count). The molecule has 1 aromatic carbocycles. The number of benzene rings is 1. The maximum Gasteiger partial charge on any atom is 0.249 e.